The van der Waals surface area contributed by atoms with Crippen LogP contribution in [0.4, 0.5) is 5.95 Å². The first-order valence-corrected chi connectivity index (χ1v) is 6.07. The number of fused-ring (bicyclic) bond motifs is 1. The van der Waals surface area contributed by atoms with Crippen molar-refractivity contribution in [3.63, 3.8) is 0 Å². The molecule has 15 heavy (non-hydrogen) atoms. The Hall–Kier alpha value is -0.870. The minimum absolute atomic E-state index is 0.531. The summed E-state index contributed by atoms with van der Waals surface area (Å²) in [5.41, 5.74) is 0. The van der Waals surface area contributed by atoms with Crippen molar-refractivity contribution in [3.8, 4) is 0 Å². The van der Waals surface area contributed by atoms with Crippen LogP contribution in [0.3, 0.4) is 0 Å². The monoisotopic (exact) mass is 241 g/mol. The highest BCUT2D eigenvalue weighted by Crippen LogP contribution is 2.29. The summed E-state index contributed by atoms with van der Waals surface area (Å²) in [5.74, 6) is 0.621. The van der Waals surface area contributed by atoms with Gasteiger partial charge in [0.15, 0.2) is 0 Å². The number of rotatable bonds is 3. The van der Waals surface area contributed by atoms with Gasteiger partial charge in [0.05, 0.1) is 0 Å². The van der Waals surface area contributed by atoms with Crippen molar-refractivity contribution in [2.24, 2.45) is 0 Å². The molecule has 2 rings (SSSR count). The molecular formula is C10H12ClN3S. The second kappa shape index (κ2) is 4.33. The molecule has 3 nitrogen and oxygen atoms in total. The van der Waals surface area contributed by atoms with Gasteiger partial charge in [-0.25, -0.2) is 9.97 Å². The molecular weight excluding hydrogens is 230 g/mol. The van der Waals surface area contributed by atoms with E-state index >= 15 is 0 Å². The second-order valence-corrected chi connectivity index (χ2v) is 4.93. The highest BCUT2D eigenvalue weighted by Gasteiger charge is 2.07. The summed E-state index contributed by atoms with van der Waals surface area (Å²) >= 11 is 7.71. The van der Waals surface area contributed by atoms with Crippen LogP contribution in [0, 0.1) is 6.92 Å². The molecule has 5 heteroatoms. The fourth-order valence-electron chi connectivity index (χ4n) is 1.32. The Morgan fingerprint density at radius 1 is 1.47 bits per heavy atom. The molecule has 2 heterocycles. The van der Waals surface area contributed by atoms with Crippen LogP contribution >= 0.6 is 22.9 Å². The van der Waals surface area contributed by atoms with Crippen LogP contribution in [0.15, 0.2) is 6.07 Å². The van der Waals surface area contributed by atoms with E-state index in [1.807, 2.05) is 13.0 Å². The Morgan fingerprint density at radius 3 is 3.00 bits per heavy atom. The molecule has 0 saturated heterocycles. The lowest BCUT2D eigenvalue weighted by molar-refractivity contribution is 0.958. The summed E-state index contributed by atoms with van der Waals surface area (Å²) in [5, 5.41) is 4.61. The van der Waals surface area contributed by atoms with Gasteiger partial charge in [-0.2, -0.15) is 0 Å². The molecule has 0 aliphatic carbocycles. The topological polar surface area (TPSA) is 37.8 Å². The van der Waals surface area contributed by atoms with E-state index in [2.05, 4.69) is 22.2 Å². The Balaban J connectivity index is 2.42. The quantitative estimate of drug-likeness (QED) is 0.837. The number of halogens is 1. The molecule has 0 aliphatic heterocycles. The van der Waals surface area contributed by atoms with Crippen LogP contribution in [-0.2, 0) is 0 Å². The van der Waals surface area contributed by atoms with Crippen molar-refractivity contribution in [1.29, 1.82) is 0 Å². The van der Waals surface area contributed by atoms with Crippen LogP contribution in [0.5, 0.6) is 0 Å². The highest BCUT2D eigenvalue weighted by molar-refractivity contribution is 7.18. The fraction of sp³-hybridized carbons (Fsp3) is 0.400. The van der Waals surface area contributed by atoms with Crippen molar-refractivity contribution in [2.45, 2.75) is 20.3 Å². The van der Waals surface area contributed by atoms with Gasteiger partial charge in [-0.15, -0.1) is 11.3 Å². The van der Waals surface area contributed by atoms with Crippen LogP contribution in [0.1, 0.15) is 18.2 Å². The first-order valence-electron chi connectivity index (χ1n) is 4.88. The molecule has 0 spiro atoms. The summed E-state index contributed by atoms with van der Waals surface area (Å²) < 4.78 is 0. The van der Waals surface area contributed by atoms with Crippen molar-refractivity contribution < 1.29 is 0 Å². The van der Waals surface area contributed by atoms with Crippen molar-refractivity contribution in [3.05, 3.63) is 16.1 Å². The maximum Gasteiger partial charge on any atom is 0.225 e. The minimum Gasteiger partial charge on any atom is -0.354 e. The van der Waals surface area contributed by atoms with Crippen LogP contribution in [0.25, 0.3) is 10.2 Å². The van der Waals surface area contributed by atoms with Gasteiger partial charge in [-0.1, -0.05) is 18.5 Å². The molecule has 0 aromatic carbocycles. The van der Waals surface area contributed by atoms with E-state index in [1.165, 1.54) is 4.88 Å². The van der Waals surface area contributed by atoms with Crippen LogP contribution in [-0.4, -0.2) is 16.5 Å². The van der Waals surface area contributed by atoms with Crippen molar-refractivity contribution >= 4 is 39.1 Å². The molecule has 2 aromatic rings. The Morgan fingerprint density at radius 2 is 2.27 bits per heavy atom. The van der Waals surface area contributed by atoms with E-state index in [0.29, 0.717) is 11.1 Å². The van der Waals surface area contributed by atoms with E-state index in [9.17, 15) is 0 Å². The second-order valence-electron chi connectivity index (χ2n) is 3.34. The minimum atomic E-state index is 0.531. The molecule has 0 radical (unpaired) electrons. The number of anilines is 1. The van der Waals surface area contributed by atoms with E-state index in [-0.39, 0.29) is 0 Å². The Bertz CT molecular complexity index is 481. The van der Waals surface area contributed by atoms with Crippen LogP contribution < -0.4 is 5.32 Å². The Kier molecular flexibility index (Phi) is 3.07. The largest absolute Gasteiger partial charge is 0.354 e. The van der Waals surface area contributed by atoms with Gasteiger partial charge in [0.2, 0.25) is 5.95 Å². The molecule has 0 amide bonds. The van der Waals surface area contributed by atoms with Gasteiger partial charge in [-0.05, 0) is 19.4 Å². The number of thiophene rings is 1. The molecule has 0 unspecified atom stereocenters. The van der Waals surface area contributed by atoms with E-state index in [4.69, 9.17) is 11.6 Å². The lowest BCUT2D eigenvalue weighted by Crippen LogP contribution is -2.03. The van der Waals surface area contributed by atoms with Gasteiger partial charge in [-0.3, -0.25) is 0 Å². The zero-order valence-corrected chi connectivity index (χ0v) is 10.2. The molecule has 1 N–H and O–H groups in total. The third-order valence-corrected chi connectivity index (χ3v) is 3.24. The number of aryl methyl sites for hydroxylation is 1. The number of aromatic nitrogens is 2. The predicted molar refractivity (Wildman–Crippen MR) is 65.9 cm³/mol. The van der Waals surface area contributed by atoms with E-state index in [1.54, 1.807) is 11.3 Å². The fourth-order valence-corrected chi connectivity index (χ4v) is 2.48. The third-order valence-electron chi connectivity index (χ3n) is 2.00. The number of hydrogen-bond acceptors (Lipinski definition) is 4. The maximum atomic E-state index is 6.07. The number of hydrogen-bond donors (Lipinski definition) is 1. The zero-order chi connectivity index (χ0) is 10.8. The van der Waals surface area contributed by atoms with Crippen molar-refractivity contribution in [2.75, 3.05) is 11.9 Å². The predicted octanol–water partition coefficient (Wildman–Crippen LogP) is 3.48. The first-order chi connectivity index (χ1) is 7.20. The molecule has 0 aliphatic rings. The van der Waals surface area contributed by atoms with Gasteiger partial charge in [0.1, 0.15) is 9.98 Å². The normalized spacial score (nSPS) is 10.9. The summed E-state index contributed by atoms with van der Waals surface area (Å²) in [6.45, 7) is 5.01. The van der Waals surface area contributed by atoms with Gasteiger partial charge in [0.25, 0.3) is 0 Å². The summed E-state index contributed by atoms with van der Waals surface area (Å²) in [7, 11) is 0. The SMILES string of the molecule is CCCNc1nc(Cl)c2cc(C)sc2n1. The summed E-state index contributed by atoms with van der Waals surface area (Å²) in [4.78, 5) is 10.8. The Labute approximate surface area is 97.5 Å². The van der Waals surface area contributed by atoms with Crippen molar-refractivity contribution in [1.82, 2.24) is 9.97 Å². The average Bonchev–Trinajstić information content (AvgIpc) is 2.56. The van der Waals surface area contributed by atoms with Crippen LogP contribution in [0.2, 0.25) is 5.15 Å². The number of nitrogens with one attached hydrogen (secondary N) is 1. The van der Waals surface area contributed by atoms with E-state index in [0.717, 1.165) is 23.2 Å². The average molecular weight is 242 g/mol. The molecule has 0 atom stereocenters. The number of nitrogens with zero attached hydrogens (tertiary/aromatic N) is 2. The highest BCUT2D eigenvalue weighted by atomic mass is 35.5. The van der Waals surface area contributed by atoms with Gasteiger partial charge < -0.3 is 5.32 Å². The molecule has 0 bridgehead atoms. The summed E-state index contributed by atoms with van der Waals surface area (Å²) in [6, 6.07) is 2.02. The van der Waals surface area contributed by atoms with E-state index < -0.39 is 0 Å². The lowest BCUT2D eigenvalue weighted by atomic mass is 10.4. The van der Waals surface area contributed by atoms with Gasteiger partial charge >= 0.3 is 0 Å². The first kappa shape index (κ1) is 10.6. The smallest absolute Gasteiger partial charge is 0.225 e. The maximum absolute atomic E-state index is 6.07. The molecule has 0 fully saturated rings. The zero-order valence-electron chi connectivity index (χ0n) is 8.67. The molecule has 2 aromatic heterocycles. The third kappa shape index (κ3) is 2.21. The summed E-state index contributed by atoms with van der Waals surface area (Å²) in [6.07, 6.45) is 1.04. The standard InChI is InChI=1S/C10H12ClN3S/c1-3-4-12-10-13-8(11)7-5-6(2)15-9(7)14-10/h5H,3-4H2,1-2H3,(H,12,13,14). The molecule has 0 saturated carbocycles. The lowest BCUT2D eigenvalue weighted by Gasteiger charge is -2.02. The molecule has 80 valence electrons. The van der Waals surface area contributed by atoms with Gasteiger partial charge in [0, 0.05) is 16.8 Å².